The quantitative estimate of drug-likeness (QED) is 0.463. The fraction of sp³-hybridized carbons (Fsp3) is 0.600. The van der Waals surface area contributed by atoms with E-state index in [2.05, 4.69) is 33.2 Å². The van der Waals surface area contributed by atoms with E-state index in [1.54, 1.807) is 6.07 Å². The van der Waals surface area contributed by atoms with Gasteiger partial charge in [0.1, 0.15) is 0 Å². The minimum Gasteiger partial charge on any atom is -0.311 e. The smallest absolute Gasteiger partial charge is 0.270 e. The Kier molecular flexibility index (Phi) is 6.14. The summed E-state index contributed by atoms with van der Waals surface area (Å²) in [5, 5.41) is 14.2. The summed E-state index contributed by atoms with van der Waals surface area (Å²) in [6.45, 7) is 2.56. The molecule has 0 unspecified atom stereocenters. The van der Waals surface area contributed by atoms with Gasteiger partial charge in [-0.1, -0.05) is 28.8 Å². The average Bonchev–Trinajstić information content (AvgIpc) is 2.97. The third kappa shape index (κ3) is 5.05. The fourth-order valence-corrected chi connectivity index (χ4v) is 3.39. The van der Waals surface area contributed by atoms with Crippen molar-refractivity contribution in [1.29, 1.82) is 0 Å². The van der Waals surface area contributed by atoms with Gasteiger partial charge in [-0.05, 0) is 31.5 Å². The maximum Gasteiger partial charge on any atom is 0.270 e. The molecule has 1 aliphatic rings. The molecule has 5 nitrogen and oxygen atoms in total. The molecule has 1 saturated carbocycles. The number of rotatable bonds is 7. The highest BCUT2D eigenvalue weighted by molar-refractivity contribution is 9.10. The highest BCUT2D eigenvalue weighted by Gasteiger charge is 2.18. The van der Waals surface area contributed by atoms with Crippen molar-refractivity contribution >= 4 is 21.6 Å². The van der Waals surface area contributed by atoms with E-state index in [0.29, 0.717) is 6.54 Å². The Morgan fingerprint density at radius 3 is 2.76 bits per heavy atom. The van der Waals surface area contributed by atoms with Gasteiger partial charge in [-0.2, -0.15) is 0 Å². The van der Waals surface area contributed by atoms with Crippen LogP contribution in [-0.2, 0) is 6.54 Å². The van der Waals surface area contributed by atoms with Crippen molar-refractivity contribution in [3.8, 4) is 0 Å². The number of benzene rings is 1. The molecular weight excluding hydrogens is 334 g/mol. The molecule has 0 heterocycles. The number of nitrogens with zero attached hydrogens (tertiary/aromatic N) is 2. The van der Waals surface area contributed by atoms with Gasteiger partial charge in [0.05, 0.1) is 4.92 Å². The molecule has 116 valence electrons. The van der Waals surface area contributed by atoms with Crippen LogP contribution in [0.1, 0.15) is 31.2 Å². The van der Waals surface area contributed by atoms with E-state index in [0.717, 1.165) is 29.2 Å². The monoisotopic (exact) mass is 355 g/mol. The summed E-state index contributed by atoms with van der Waals surface area (Å²) in [6, 6.07) is 5.80. The number of nitro benzene ring substituents is 1. The number of non-ortho nitro benzene ring substituents is 1. The molecule has 0 aromatic heterocycles. The molecule has 0 saturated heterocycles. The Morgan fingerprint density at radius 1 is 1.38 bits per heavy atom. The van der Waals surface area contributed by atoms with Crippen LogP contribution in [0, 0.1) is 10.1 Å². The van der Waals surface area contributed by atoms with E-state index in [-0.39, 0.29) is 10.6 Å². The van der Waals surface area contributed by atoms with E-state index in [1.807, 2.05) is 6.07 Å². The lowest BCUT2D eigenvalue weighted by atomic mass is 10.2. The Bertz CT molecular complexity index is 490. The molecule has 0 spiro atoms. The van der Waals surface area contributed by atoms with Crippen molar-refractivity contribution in [2.24, 2.45) is 0 Å². The standard InChI is InChI=1S/C15H22BrN3O2/c1-18(14-4-2-3-5-14)7-6-17-11-12-8-13(16)10-15(9-12)19(20)21/h8-10,14,17H,2-7,11H2,1H3. The van der Waals surface area contributed by atoms with Crippen LogP contribution in [0.3, 0.4) is 0 Å². The first-order valence-electron chi connectivity index (χ1n) is 7.41. The van der Waals surface area contributed by atoms with Crippen molar-refractivity contribution in [1.82, 2.24) is 10.2 Å². The molecule has 1 aromatic rings. The lowest BCUT2D eigenvalue weighted by molar-refractivity contribution is -0.385. The topological polar surface area (TPSA) is 58.4 Å². The molecule has 1 fully saturated rings. The number of likely N-dealkylation sites (N-methyl/N-ethyl adjacent to an activating group) is 1. The Labute approximate surface area is 134 Å². The summed E-state index contributed by atoms with van der Waals surface area (Å²) in [4.78, 5) is 12.9. The van der Waals surface area contributed by atoms with Crippen LogP contribution in [0.4, 0.5) is 5.69 Å². The molecule has 21 heavy (non-hydrogen) atoms. The normalized spacial score (nSPS) is 15.8. The molecular formula is C15H22BrN3O2. The summed E-state index contributed by atoms with van der Waals surface area (Å²) < 4.78 is 0.747. The lowest BCUT2D eigenvalue weighted by Gasteiger charge is -2.23. The molecule has 0 bridgehead atoms. The van der Waals surface area contributed by atoms with Crippen LogP contribution in [-0.4, -0.2) is 36.0 Å². The molecule has 1 aliphatic carbocycles. The third-order valence-electron chi connectivity index (χ3n) is 4.07. The van der Waals surface area contributed by atoms with E-state index in [9.17, 15) is 10.1 Å². The van der Waals surface area contributed by atoms with Crippen LogP contribution in [0.25, 0.3) is 0 Å². The molecule has 2 rings (SSSR count). The highest BCUT2D eigenvalue weighted by Crippen LogP contribution is 2.22. The van der Waals surface area contributed by atoms with Crippen molar-refractivity contribution < 1.29 is 4.92 Å². The van der Waals surface area contributed by atoms with Gasteiger partial charge in [0.25, 0.3) is 5.69 Å². The van der Waals surface area contributed by atoms with Crippen LogP contribution >= 0.6 is 15.9 Å². The second-order valence-corrected chi connectivity index (χ2v) is 6.59. The lowest BCUT2D eigenvalue weighted by Crippen LogP contribution is -2.35. The summed E-state index contributed by atoms with van der Waals surface area (Å²) in [6.07, 6.45) is 5.33. The van der Waals surface area contributed by atoms with Crippen molar-refractivity contribution in [2.45, 2.75) is 38.3 Å². The van der Waals surface area contributed by atoms with Gasteiger partial charge in [-0.3, -0.25) is 10.1 Å². The Hall–Kier alpha value is -0.980. The summed E-state index contributed by atoms with van der Waals surface area (Å²) in [7, 11) is 2.18. The minimum absolute atomic E-state index is 0.129. The van der Waals surface area contributed by atoms with E-state index < -0.39 is 0 Å². The number of nitro groups is 1. The second-order valence-electron chi connectivity index (χ2n) is 5.67. The van der Waals surface area contributed by atoms with Gasteiger partial charge in [0.2, 0.25) is 0 Å². The van der Waals surface area contributed by atoms with E-state index in [1.165, 1.54) is 31.7 Å². The van der Waals surface area contributed by atoms with Crippen molar-refractivity contribution in [2.75, 3.05) is 20.1 Å². The largest absolute Gasteiger partial charge is 0.311 e. The third-order valence-corrected chi connectivity index (χ3v) is 4.53. The van der Waals surface area contributed by atoms with Crippen LogP contribution in [0.5, 0.6) is 0 Å². The van der Waals surface area contributed by atoms with Gasteiger partial charge in [-0.15, -0.1) is 0 Å². The molecule has 6 heteroatoms. The Balaban J connectivity index is 1.76. The summed E-state index contributed by atoms with van der Waals surface area (Å²) in [5.74, 6) is 0. The maximum atomic E-state index is 10.8. The molecule has 0 amide bonds. The van der Waals surface area contributed by atoms with Gasteiger partial charge >= 0.3 is 0 Å². The molecule has 0 atom stereocenters. The number of nitrogens with one attached hydrogen (secondary N) is 1. The molecule has 0 aliphatic heterocycles. The first kappa shape index (κ1) is 16.4. The van der Waals surface area contributed by atoms with E-state index in [4.69, 9.17) is 0 Å². The zero-order valence-electron chi connectivity index (χ0n) is 12.3. The number of halogens is 1. The van der Waals surface area contributed by atoms with Crippen LogP contribution in [0.15, 0.2) is 22.7 Å². The number of hydrogen-bond donors (Lipinski definition) is 1. The van der Waals surface area contributed by atoms with Crippen LogP contribution < -0.4 is 5.32 Å². The van der Waals surface area contributed by atoms with Crippen LogP contribution in [0.2, 0.25) is 0 Å². The van der Waals surface area contributed by atoms with Crippen molar-refractivity contribution in [3.05, 3.63) is 38.3 Å². The molecule has 0 radical (unpaired) electrons. The van der Waals surface area contributed by atoms with Gasteiger partial charge < -0.3 is 10.2 Å². The zero-order chi connectivity index (χ0) is 15.2. The second kappa shape index (κ2) is 7.87. The zero-order valence-corrected chi connectivity index (χ0v) is 13.9. The Morgan fingerprint density at radius 2 is 2.10 bits per heavy atom. The summed E-state index contributed by atoms with van der Waals surface area (Å²) in [5.41, 5.74) is 1.06. The number of hydrogen-bond acceptors (Lipinski definition) is 4. The predicted octanol–water partition coefficient (Wildman–Crippen LogP) is 3.32. The summed E-state index contributed by atoms with van der Waals surface area (Å²) >= 11 is 3.32. The molecule has 1 aromatic carbocycles. The maximum absolute atomic E-state index is 10.8. The van der Waals surface area contributed by atoms with E-state index >= 15 is 0 Å². The molecule has 1 N–H and O–H groups in total. The van der Waals surface area contributed by atoms with Gasteiger partial charge in [0, 0.05) is 42.3 Å². The first-order valence-corrected chi connectivity index (χ1v) is 8.20. The SMILES string of the molecule is CN(CCNCc1cc(Br)cc([N+](=O)[O-])c1)C1CCCC1. The predicted molar refractivity (Wildman–Crippen MR) is 87.4 cm³/mol. The van der Waals surface area contributed by atoms with Gasteiger partial charge in [-0.25, -0.2) is 0 Å². The minimum atomic E-state index is -0.359. The average molecular weight is 356 g/mol. The first-order chi connectivity index (χ1) is 10.1. The fourth-order valence-electron chi connectivity index (χ4n) is 2.86. The highest BCUT2D eigenvalue weighted by atomic mass is 79.9. The van der Waals surface area contributed by atoms with Gasteiger partial charge in [0.15, 0.2) is 0 Å². The van der Waals surface area contributed by atoms with Crippen molar-refractivity contribution in [3.63, 3.8) is 0 Å².